The molecule has 1 N–H and O–H groups in total. The smallest absolute Gasteiger partial charge is 0.288 e. The Hall–Kier alpha value is -1.30. The molecule has 4 nitrogen and oxygen atoms in total. The van der Waals surface area contributed by atoms with Gasteiger partial charge < -0.3 is 5.11 Å². The minimum absolute atomic E-state index is 0.0178. The highest BCUT2D eigenvalue weighted by atomic mass is 19.3. The van der Waals surface area contributed by atoms with Gasteiger partial charge in [0.05, 0.1) is 18.4 Å². The molecule has 3 aliphatic rings. The molecule has 2 aliphatic carbocycles. The number of likely N-dealkylation sites (tertiary alicyclic amines) is 1. The highest BCUT2D eigenvalue weighted by Gasteiger charge is 2.60. The SMILES string of the molecule is O=C1C2C3C=CC(C3)C2C(=O)N1CC(F)(F)CO. The molecule has 0 radical (unpaired) electrons. The van der Waals surface area contributed by atoms with E-state index in [1.807, 2.05) is 12.2 Å². The third-order valence-electron chi connectivity index (χ3n) is 4.18. The third-order valence-corrected chi connectivity index (χ3v) is 4.18. The van der Waals surface area contributed by atoms with Crippen molar-refractivity contribution < 1.29 is 23.5 Å². The van der Waals surface area contributed by atoms with Crippen LogP contribution in [-0.2, 0) is 9.59 Å². The Morgan fingerprint density at radius 1 is 1.22 bits per heavy atom. The summed E-state index contributed by atoms with van der Waals surface area (Å²) in [4.78, 5) is 24.7. The molecule has 0 aromatic carbocycles. The number of alkyl halides is 2. The van der Waals surface area contributed by atoms with E-state index in [9.17, 15) is 18.4 Å². The van der Waals surface area contributed by atoms with Crippen molar-refractivity contribution in [3.8, 4) is 0 Å². The van der Waals surface area contributed by atoms with Crippen molar-refractivity contribution >= 4 is 11.8 Å². The molecule has 0 aromatic heterocycles. The molecular formula is C12H13F2NO3. The predicted octanol–water partition coefficient (Wildman–Crippen LogP) is 0.421. The molecular weight excluding hydrogens is 244 g/mol. The summed E-state index contributed by atoms with van der Waals surface area (Å²) in [7, 11) is 0. The van der Waals surface area contributed by atoms with Crippen LogP contribution >= 0.6 is 0 Å². The van der Waals surface area contributed by atoms with Crippen molar-refractivity contribution in [3.63, 3.8) is 0 Å². The molecule has 4 unspecified atom stereocenters. The molecule has 1 saturated heterocycles. The summed E-state index contributed by atoms with van der Waals surface area (Å²) in [6.45, 7) is -2.36. The van der Waals surface area contributed by atoms with Crippen molar-refractivity contribution in [2.45, 2.75) is 12.3 Å². The molecule has 1 heterocycles. The Balaban J connectivity index is 1.84. The first-order chi connectivity index (χ1) is 8.44. The number of hydrogen-bond acceptors (Lipinski definition) is 3. The number of nitrogens with zero attached hydrogens (tertiary/aromatic N) is 1. The van der Waals surface area contributed by atoms with Crippen molar-refractivity contribution in [3.05, 3.63) is 12.2 Å². The number of carbonyl (C=O) groups is 2. The van der Waals surface area contributed by atoms with Crippen molar-refractivity contribution in [2.24, 2.45) is 23.7 Å². The topological polar surface area (TPSA) is 57.6 Å². The van der Waals surface area contributed by atoms with Gasteiger partial charge in [0.1, 0.15) is 6.61 Å². The summed E-state index contributed by atoms with van der Waals surface area (Å²) < 4.78 is 26.3. The van der Waals surface area contributed by atoms with E-state index in [1.54, 1.807) is 0 Å². The zero-order valence-electron chi connectivity index (χ0n) is 9.55. The van der Waals surface area contributed by atoms with E-state index < -0.39 is 42.7 Å². The quantitative estimate of drug-likeness (QED) is 0.589. The van der Waals surface area contributed by atoms with Gasteiger partial charge in [-0.25, -0.2) is 8.78 Å². The molecule has 2 fully saturated rings. The predicted molar refractivity (Wildman–Crippen MR) is 56.5 cm³/mol. The monoisotopic (exact) mass is 257 g/mol. The number of fused-ring (bicyclic) bond motifs is 5. The van der Waals surface area contributed by atoms with Crippen LogP contribution in [0.25, 0.3) is 0 Å². The van der Waals surface area contributed by atoms with E-state index in [0.29, 0.717) is 4.90 Å². The van der Waals surface area contributed by atoms with E-state index in [1.165, 1.54) is 0 Å². The standard InChI is InChI=1S/C12H13F2NO3/c13-12(14,5-16)4-15-10(17)8-6-1-2-7(3-6)9(8)11(15)18/h1-2,6-9,16H,3-5H2. The maximum atomic E-state index is 13.1. The zero-order chi connectivity index (χ0) is 13.1. The van der Waals surface area contributed by atoms with Crippen molar-refractivity contribution in [1.82, 2.24) is 4.90 Å². The lowest BCUT2D eigenvalue weighted by molar-refractivity contribution is -0.149. The largest absolute Gasteiger partial charge is 0.390 e. The van der Waals surface area contributed by atoms with E-state index in [4.69, 9.17) is 5.11 Å². The molecule has 2 amide bonds. The van der Waals surface area contributed by atoms with Gasteiger partial charge in [-0.05, 0) is 18.3 Å². The molecule has 6 heteroatoms. The van der Waals surface area contributed by atoms with Crippen molar-refractivity contribution in [1.29, 1.82) is 0 Å². The van der Waals surface area contributed by atoms with Crippen LogP contribution < -0.4 is 0 Å². The number of amides is 2. The highest BCUT2D eigenvalue weighted by Crippen LogP contribution is 2.52. The number of allylic oxidation sites excluding steroid dienone is 2. The summed E-state index contributed by atoms with van der Waals surface area (Å²) in [5.41, 5.74) is 0. The van der Waals surface area contributed by atoms with Gasteiger partial charge in [-0.2, -0.15) is 0 Å². The van der Waals surface area contributed by atoms with Gasteiger partial charge in [-0.1, -0.05) is 12.2 Å². The summed E-state index contributed by atoms with van der Waals surface area (Å²) in [5, 5.41) is 8.53. The average Bonchev–Trinajstić information content (AvgIpc) is 2.99. The summed E-state index contributed by atoms with van der Waals surface area (Å²) >= 11 is 0. The number of aliphatic hydroxyl groups excluding tert-OH is 1. The first-order valence-corrected chi connectivity index (χ1v) is 5.97. The molecule has 4 atom stereocenters. The maximum absolute atomic E-state index is 13.1. The Morgan fingerprint density at radius 2 is 1.72 bits per heavy atom. The van der Waals surface area contributed by atoms with E-state index >= 15 is 0 Å². The second-order valence-corrected chi connectivity index (χ2v) is 5.28. The fraction of sp³-hybridized carbons (Fsp3) is 0.667. The number of aliphatic hydroxyl groups is 1. The van der Waals surface area contributed by atoms with Crippen LogP contribution in [0.3, 0.4) is 0 Å². The number of halogens is 2. The molecule has 1 saturated carbocycles. The van der Waals surface area contributed by atoms with E-state index in [0.717, 1.165) is 6.42 Å². The van der Waals surface area contributed by atoms with Gasteiger partial charge in [-0.15, -0.1) is 0 Å². The minimum atomic E-state index is -3.42. The molecule has 18 heavy (non-hydrogen) atoms. The molecule has 3 rings (SSSR count). The lowest BCUT2D eigenvalue weighted by atomic mass is 9.85. The lowest BCUT2D eigenvalue weighted by Crippen LogP contribution is -2.43. The van der Waals surface area contributed by atoms with Gasteiger partial charge in [0.15, 0.2) is 0 Å². The second-order valence-electron chi connectivity index (χ2n) is 5.28. The van der Waals surface area contributed by atoms with Gasteiger partial charge in [-0.3, -0.25) is 14.5 Å². The Kier molecular flexibility index (Phi) is 2.35. The first kappa shape index (κ1) is 11.8. The third kappa shape index (κ3) is 1.44. The second kappa shape index (κ2) is 3.60. The van der Waals surface area contributed by atoms with E-state index in [2.05, 4.69) is 0 Å². The molecule has 2 bridgehead atoms. The maximum Gasteiger partial charge on any atom is 0.288 e. The number of rotatable bonds is 3. The first-order valence-electron chi connectivity index (χ1n) is 5.97. The van der Waals surface area contributed by atoms with Gasteiger partial charge in [0, 0.05) is 0 Å². The fourth-order valence-corrected chi connectivity index (χ4v) is 3.40. The molecule has 1 aliphatic heterocycles. The van der Waals surface area contributed by atoms with E-state index in [-0.39, 0.29) is 11.8 Å². The van der Waals surface area contributed by atoms with Crippen LogP contribution in [-0.4, -0.2) is 40.9 Å². The fourth-order valence-electron chi connectivity index (χ4n) is 3.40. The van der Waals surface area contributed by atoms with Crippen LogP contribution in [0.1, 0.15) is 6.42 Å². The van der Waals surface area contributed by atoms with Crippen LogP contribution in [0, 0.1) is 23.7 Å². The van der Waals surface area contributed by atoms with Crippen LogP contribution in [0.15, 0.2) is 12.2 Å². The van der Waals surface area contributed by atoms with Gasteiger partial charge >= 0.3 is 0 Å². The molecule has 0 aromatic rings. The lowest BCUT2D eigenvalue weighted by Gasteiger charge is -2.22. The Morgan fingerprint density at radius 3 is 2.17 bits per heavy atom. The molecule has 98 valence electrons. The van der Waals surface area contributed by atoms with Crippen LogP contribution in [0.4, 0.5) is 8.78 Å². The summed E-state index contributed by atoms with van der Waals surface area (Å²) in [6, 6.07) is 0. The average molecular weight is 257 g/mol. The minimum Gasteiger partial charge on any atom is -0.390 e. The Bertz CT molecular complexity index is 419. The summed E-state index contributed by atoms with van der Waals surface area (Å²) in [6.07, 6.45) is 4.59. The zero-order valence-corrected chi connectivity index (χ0v) is 9.55. The number of imide groups is 1. The van der Waals surface area contributed by atoms with Gasteiger partial charge in [0.25, 0.3) is 5.92 Å². The Labute approximate surface area is 102 Å². The van der Waals surface area contributed by atoms with Crippen molar-refractivity contribution in [2.75, 3.05) is 13.2 Å². The van der Waals surface area contributed by atoms with Crippen LogP contribution in [0.5, 0.6) is 0 Å². The van der Waals surface area contributed by atoms with Gasteiger partial charge in [0.2, 0.25) is 11.8 Å². The summed E-state index contributed by atoms with van der Waals surface area (Å²) in [5.74, 6) is -5.31. The highest BCUT2D eigenvalue weighted by molar-refractivity contribution is 6.06. The number of hydrogen-bond donors (Lipinski definition) is 1. The normalized spacial score (nSPS) is 37.8. The molecule has 0 spiro atoms. The van der Waals surface area contributed by atoms with Crippen LogP contribution in [0.2, 0.25) is 0 Å². The number of carbonyl (C=O) groups excluding carboxylic acids is 2.